The first-order valence-electron chi connectivity index (χ1n) is 7.00. The van der Waals surface area contributed by atoms with Gasteiger partial charge in [0.05, 0.1) is 13.1 Å². The minimum atomic E-state index is -0.322. The smallest absolute Gasteiger partial charge is 0.282 e. The van der Waals surface area contributed by atoms with Crippen molar-refractivity contribution < 1.29 is 19.3 Å². The predicted octanol–water partition coefficient (Wildman–Crippen LogP) is -0.769. The number of piperazine rings is 1. The molecule has 0 spiro atoms. The molecule has 0 radical (unpaired) electrons. The van der Waals surface area contributed by atoms with E-state index in [0.29, 0.717) is 24.3 Å². The molecule has 1 aromatic rings. The number of carbonyl (C=O) groups excluding carboxylic acids is 3. The van der Waals surface area contributed by atoms with Crippen LogP contribution in [0.25, 0.3) is 0 Å². The fraction of sp³-hybridized carbons (Fsp3) is 0.400. The second-order valence-corrected chi connectivity index (χ2v) is 5.28. The zero-order valence-electron chi connectivity index (χ0n) is 12.2. The zero-order chi connectivity index (χ0) is 15.4. The van der Waals surface area contributed by atoms with E-state index in [4.69, 9.17) is 0 Å². The van der Waals surface area contributed by atoms with Gasteiger partial charge in [-0.05, 0) is 26.0 Å². The predicted molar refractivity (Wildman–Crippen MR) is 78.2 cm³/mol. The molecule has 6 heteroatoms. The van der Waals surface area contributed by atoms with Gasteiger partial charge in [-0.3, -0.25) is 14.4 Å². The van der Waals surface area contributed by atoms with Gasteiger partial charge >= 0.3 is 0 Å². The fourth-order valence-corrected chi connectivity index (χ4v) is 2.34. The molecule has 0 saturated carbocycles. The minimum Gasteiger partial charge on any atom is -0.346 e. The number of benzene rings is 1. The SMILES string of the molecule is CC(=O)c1cccc(NC(=O)[C@@H](C)[NH+]2CCNC(=O)C2)c1. The number of nitrogens with one attached hydrogen (secondary N) is 3. The number of anilines is 1. The van der Waals surface area contributed by atoms with Gasteiger partial charge in [0.15, 0.2) is 18.4 Å². The number of Topliss-reactive ketones (excluding diaryl/α,β-unsaturated/α-hetero) is 1. The van der Waals surface area contributed by atoms with Crippen molar-refractivity contribution in [1.82, 2.24) is 5.32 Å². The molecule has 2 rings (SSSR count). The maximum absolute atomic E-state index is 12.3. The second-order valence-electron chi connectivity index (χ2n) is 5.28. The third-order valence-corrected chi connectivity index (χ3v) is 3.70. The van der Waals surface area contributed by atoms with Gasteiger partial charge in [0.1, 0.15) is 0 Å². The number of rotatable bonds is 4. The lowest BCUT2D eigenvalue weighted by atomic mass is 10.1. The van der Waals surface area contributed by atoms with Crippen LogP contribution in [-0.2, 0) is 9.59 Å². The van der Waals surface area contributed by atoms with E-state index in [1.807, 2.05) is 0 Å². The van der Waals surface area contributed by atoms with Gasteiger partial charge in [-0.15, -0.1) is 0 Å². The number of hydrogen-bond acceptors (Lipinski definition) is 3. The molecular formula is C15H20N3O3+. The van der Waals surface area contributed by atoms with E-state index in [9.17, 15) is 14.4 Å². The van der Waals surface area contributed by atoms with Crippen LogP contribution in [0.15, 0.2) is 24.3 Å². The van der Waals surface area contributed by atoms with E-state index in [1.54, 1.807) is 31.2 Å². The van der Waals surface area contributed by atoms with Crippen molar-refractivity contribution in [2.75, 3.05) is 25.0 Å². The van der Waals surface area contributed by atoms with Crippen LogP contribution >= 0.6 is 0 Å². The third kappa shape index (κ3) is 3.88. The van der Waals surface area contributed by atoms with Crippen molar-refractivity contribution in [3.63, 3.8) is 0 Å². The van der Waals surface area contributed by atoms with Gasteiger partial charge in [-0.2, -0.15) is 0 Å². The van der Waals surface area contributed by atoms with E-state index >= 15 is 0 Å². The summed E-state index contributed by atoms with van der Waals surface area (Å²) in [5.74, 6) is -0.229. The quantitative estimate of drug-likeness (QED) is 0.637. The molecule has 21 heavy (non-hydrogen) atoms. The first kappa shape index (κ1) is 15.2. The van der Waals surface area contributed by atoms with Crippen LogP contribution in [0.5, 0.6) is 0 Å². The van der Waals surface area contributed by atoms with Crippen LogP contribution in [0.2, 0.25) is 0 Å². The molecule has 6 nitrogen and oxygen atoms in total. The standard InChI is InChI=1S/C15H19N3O3/c1-10(18-7-6-16-14(20)9-18)15(21)17-13-5-3-4-12(8-13)11(2)19/h3-5,8,10H,6-7,9H2,1-2H3,(H,16,20)(H,17,21)/p+1/t10-/m1/s1. The molecule has 1 heterocycles. The summed E-state index contributed by atoms with van der Waals surface area (Å²) in [7, 11) is 0. The molecule has 0 aliphatic carbocycles. The molecule has 1 saturated heterocycles. The van der Waals surface area contributed by atoms with E-state index in [1.165, 1.54) is 6.92 Å². The number of amides is 2. The summed E-state index contributed by atoms with van der Waals surface area (Å²) in [6.45, 7) is 4.92. The first-order chi connectivity index (χ1) is 9.97. The Kier molecular flexibility index (Phi) is 4.70. The average molecular weight is 290 g/mol. The first-order valence-corrected chi connectivity index (χ1v) is 7.00. The maximum Gasteiger partial charge on any atom is 0.282 e. The molecule has 1 aliphatic heterocycles. The Balaban J connectivity index is 2.01. The highest BCUT2D eigenvalue weighted by Crippen LogP contribution is 2.11. The van der Waals surface area contributed by atoms with Crippen LogP contribution in [0.1, 0.15) is 24.2 Å². The lowest BCUT2D eigenvalue weighted by Gasteiger charge is -2.28. The van der Waals surface area contributed by atoms with E-state index in [-0.39, 0.29) is 23.6 Å². The Morgan fingerprint density at radius 3 is 2.81 bits per heavy atom. The number of quaternary nitrogens is 1. The van der Waals surface area contributed by atoms with Crippen molar-refractivity contribution in [1.29, 1.82) is 0 Å². The molecule has 112 valence electrons. The minimum absolute atomic E-state index is 0.0329. The Bertz CT molecular complexity index is 571. The summed E-state index contributed by atoms with van der Waals surface area (Å²) in [6.07, 6.45) is 0. The van der Waals surface area contributed by atoms with E-state index < -0.39 is 0 Å². The molecule has 2 amide bonds. The average Bonchev–Trinajstić information content (AvgIpc) is 2.46. The molecule has 1 fully saturated rings. The number of ketones is 1. The maximum atomic E-state index is 12.3. The van der Waals surface area contributed by atoms with Gasteiger partial charge in [0.2, 0.25) is 0 Å². The fourth-order valence-electron chi connectivity index (χ4n) is 2.34. The topological polar surface area (TPSA) is 79.7 Å². The van der Waals surface area contributed by atoms with Gasteiger partial charge < -0.3 is 15.5 Å². The summed E-state index contributed by atoms with van der Waals surface area (Å²) < 4.78 is 0. The van der Waals surface area contributed by atoms with Gasteiger partial charge in [0.25, 0.3) is 11.8 Å². The van der Waals surface area contributed by atoms with Crippen LogP contribution in [0.3, 0.4) is 0 Å². The van der Waals surface area contributed by atoms with Gasteiger partial charge in [-0.25, -0.2) is 0 Å². The second kappa shape index (κ2) is 6.49. The lowest BCUT2D eigenvalue weighted by molar-refractivity contribution is -0.907. The molecule has 1 aliphatic rings. The zero-order valence-corrected chi connectivity index (χ0v) is 12.2. The van der Waals surface area contributed by atoms with Gasteiger partial charge in [-0.1, -0.05) is 12.1 Å². The van der Waals surface area contributed by atoms with Crippen LogP contribution in [0.4, 0.5) is 5.69 Å². The van der Waals surface area contributed by atoms with Gasteiger partial charge in [0, 0.05) is 11.3 Å². The largest absolute Gasteiger partial charge is 0.346 e. The summed E-state index contributed by atoms with van der Waals surface area (Å²) in [4.78, 5) is 35.9. The van der Waals surface area contributed by atoms with Crippen molar-refractivity contribution in [2.45, 2.75) is 19.9 Å². The van der Waals surface area contributed by atoms with Crippen molar-refractivity contribution in [2.24, 2.45) is 0 Å². The lowest BCUT2D eigenvalue weighted by Crippen LogP contribution is -3.19. The van der Waals surface area contributed by atoms with Crippen molar-refractivity contribution in [3.8, 4) is 0 Å². The van der Waals surface area contributed by atoms with E-state index in [2.05, 4.69) is 10.6 Å². The summed E-state index contributed by atoms with van der Waals surface area (Å²) in [5.41, 5.74) is 1.16. The summed E-state index contributed by atoms with van der Waals surface area (Å²) >= 11 is 0. The third-order valence-electron chi connectivity index (χ3n) is 3.70. The molecule has 2 atom stereocenters. The van der Waals surface area contributed by atoms with Crippen LogP contribution < -0.4 is 15.5 Å². The Morgan fingerprint density at radius 1 is 1.38 bits per heavy atom. The Morgan fingerprint density at radius 2 is 2.14 bits per heavy atom. The van der Waals surface area contributed by atoms with Crippen molar-refractivity contribution in [3.05, 3.63) is 29.8 Å². The Hall–Kier alpha value is -2.21. The molecule has 0 aromatic heterocycles. The normalized spacial score (nSPS) is 19.5. The van der Waals surface area contributed by atoms with E-state index in [0.717, 1.165) is 11.4 Å². The molecule has 1 unspecified atom stereocenters. The number of carbonyl (C=O) groups is 3. The molecule has 0 bridgehead atoms. The molecule has 1 aromatic carbocycles. The van der Waals surface area contributed by atoms with Crippen molar-refractivity contribution >= 4 is 23.3 Å². The number of hydrogen-bond donors (Lipinski definition) is 3. The van der Waals surface area contributed by atoms with Crippen LogP contribution in [-0.4, -0.2) is 43.3 Å². The monoisotopic (exact) mass is 290 g/mol. The highest BCUT2D eigenvalue weighted by Gasteiger charge is 2.29. The molecular weight excluding hydrogens is 270 g/mol. The Labute approximate surface area is 123 Å². The summed E-state index contributed by atoms with van der Waals surface area (Å²) in [6, 6.07) is 6.53. The van der Waals surface area contributed by atoms with Crippen LogP contribution in [0, 0.1) is 0 Å². The molecule has 3 N–H and O–H groups in total. The highest BCUT2D eigenvalue weighted by atomic mass is 16.2. The summed E-state index contributed by atoms with van der Waals surface area (Å²) in [5, 5.41) is 5.55. The highest BCUT2D eigenvalue weighted by molar-refractivity contribution is 5.98.